The molecule has 2 N–H and O–H groups in total. The van der Waals surface area contributed by atoms with E-state index >= 15 is 0 Å². The number of anilines is 1. The van der Waals surface area contributed by atoms with E-state index in [0.29, 0.717) is 16.4 Å². The standard InChI is InChI=1S/C15H18ClN3OS/c1-3-12(13-6-5-7-21-13)19-15(20)10-8-14(17-4-2)18-9-11(10)16/h5-9,12H,3-4H2,1-2H3,(H,17,18)(H,19,20). The monoisotopic (exact) mass is 323 g/mol. The van der Waals surface area contributed by atoms with Crippen LogP contribution >= 0.6 is 22.9 Å². The second-order valence-electron chi connectivity index (χ2n) is 4.53. The smallest absolute Gasteiger partial charge is 0.253 e. The van der Waals surface area contributed by atoms with Gasteiger partial charge in [-0.2, -0.15) is 0 Å². The minimum atomic E-state index is -0.179. The number of hydrogen-bond donors (Lipinski definition) is 2. The molecule has 1 atom stereocenters. The molecule has 2 aromatic heterocycles. The highest BCUT2D eigenvalue weighted by molar-refractivity contribution is 7.10. The third kappa shape index (κ3) is 3.95. The van der Waals surface area contributed by atoms with Crippen LogP contribution in [0.1, 0.15) is 41.5 Å². The Morgan fingerprint density at radius 3 is 2.90 bits per heavy atom. The number of thiophene rings is 1. The van der Waals surface area contributed by atoms with Gasteiger partial charge < -0.3 is 10.6 Å². The van der Waals surface area contributed by atoms with Crippen molar-refractivity contribution in [1.82, 2.24) is 10.3 Å². The van der Waals surface area contributed by atoms with Gasteiger partial charge in [-0.05, 0) is 30.9 Å². The number of amides is 1. The lowest BCUT2D eigenvalue weighted by atomic mass is 10.1. The van der Waals surface area contributed by atoms with Crippen LogP contribution in [-0.4, -0.2) is 17.4 Å². The van der Waals surface area contributed by atoms with Crippen molar-refractivity contribution in [2.75, 3.05) is 11.9 Å². The van der Waals surface area contributed by atoms with Crippen molar-refractivity contribution in [3.05, 3.63) is 45.2 Å². The normalized spacial score (nSPS) is 12.0. The zero-order valence-electron chi connectivity index (χ0n) is 12.0. The van der Waals surface area contributed by atoms with Crippen LogP contribution in [0.3, 0.4) is 0 Å². The largest absolute Gasteiger partial charge is 0.370 e. The van der Waals surface area contributed by atoms with E-state index in [0.717, 1.165) is 17.8 Å². The molecule has 0 aliphatic rings. The molecule has 4 nitrogen and oxygen atoms in total. The van der Waals surface area contributed by atoms with Gasteiger partial charge >= 0.3 is 0 Å². The van der Waals surface area contributed by atoms with Gasteiger partial charge in [0.15, 0.2) is 0 Å². The highest BCUT2D eigenvalue weighted by atomic mass is 35.5. The molecule has 112 valence electrons. The van der Waals surface area contributed by atoms with Gasteiger partial charge in [0.05, 0.1) is 16.6 Å². The lowest BCUT2D eigenvalue weighted by molar-refractivity contribution is 0.0936. The van der Waals surface area contributed by atoms with Crippen LogP contribution in [0.2, 0.25) is 5.02 Å². The quantitative estimate of drug-likeness (QED) is 0.841. The Bertz CT molecular complexity index is 601. The average Bonchev–Trinajstić information content (AvgIpc) is 3.01. The van der Waals surface area contributed by atoms with Gasteiger partial charge in [0.1, 0.15) is 5.82 Å². The molecule has 0 bridgehead atoms. The molecule has 6 heteroatoms. The van der Waals surface area contributed by atoms with Crippen molar-refractivity contribution < 1.29 is 4.79 Å². The van der Waals surface area contributed by atoms with Crippen molar-refractivity contribution in [1.29, 1.82) is 0 Å². The molecule has 21 heavy (non-hydrogen) atoms. The lowest BCUT2D eigenvalue weighted by Crippen LogP contribution is -2.28. The summed E-state index contributed by atoms with van der Waals surface area (Å²) in [7, 11) is 0. The van der Waals surface area contributed by atoms with Crippen molar-refractivity contribution in [3.8, 4) is 0 Å². The number of halogens is 1. The highest BCUT2D eigenvalue weighted by Gasteiger charge is 2.17. The summed E-state index contributed by atoms with van der Waals surface area (Å²) in [5.74, 6) is 0.470. The van der Waals surface area contributed by atoms with E-state index in [2.05, 4.69) is 15.6 Å². The predicted molar refractivity (Wildman–Crippen MR) is 88.2 cm³/mol. The summed E-state index contributed by atoms with van der Waals surface area (Å²) in [6.07, 6.45) is 2.33. The fourth-order valence-corrected chi connectivity index (χ4v) is 3.04. The Balaban J connectivity index is 2.17. The van der Waals surface area contributed by atoms with E-state index in [9.17, 15) is 4.79 Å². The number of rotatable bonds is 6. The first kappa shape index (κ1) is 15.8. The van der Waals surface area contributed by atoms with Crippen molar-refractivity contribution in [3.63, 3.8) is 0 Å². The summed E-state index contributed by atoms with van der Waals surface area (Å²) in [6, 6.07) is 5.70. The fraction of sp³-hybridized carbons (Fsp3) is 0.333. The maximum atomic E-state index is 12.4. The number of aromatic nitrogens is 1. The van der Waals surface area contributed by atoms with Gasteiger partial charge in [0.2, 0.25) is 0 Å². The van der Waals surface area contributed by atoms with Gasteiger partial charge in [-0.25, -0.2) is 4.98 Å². The van der Waals surface area contributed by atoms with Gasteiger partial charge in [0.25, 0.3) is 5.91 Å². The van der Waals surface area contributed by atoms with Gasteiger partial charge in [-0.3, -0.25) is 4.79 Å². The molecule has 0 saturated carbocycles. The van der Waals surface area contributed by atoms with Crippen LogP contribution in [0.15, 0.2) is 29.8 Å². The van der Waals surface area contributed by atoms with Gasteiger partial charge in [-0.1, -0.05) is 24.6 Å². The van der Waals surface area contributed by atoms with Crippen LogP contribution < -0.4 is 10.6 Å². The summed E-state index contributed by atoms with van der Waals surface area (Å²) < 4.78 is 0. The van der Waals surface area contributed by atoms with Crippen molar-refractivity contribution in [2.45, 2.75) is 26.3 Å². The molecular weight excluding hydrogens is 306 g/mol. The molecule has 0 aromatic carbocycles. The Morgan fingerprint density at radius 2 is 2.29 bits per heavy atom. The Hall–Kier alpha value is -1.59. The van der Waals surface area contributed by atoms with E-state index in [4.69, 9.17) is 11.6 Å². The summed E-state index contributed by atoms with van der Waals surface area (Å²) >= 11 is 7.73. The van der Waals surface area contributed by atoms with E-state index < -0.39 is 0 Å². The van der Waals surface area contributed by atoms with Gasteiger partial charge in [-0.15, -0.1) is 11.3 Å². The highest BCUT2D eigenvalue weighted by Crippen LogP contribution is 2.24. The first-order chi connectivity index (χ1) is 10.2. The third-order valence-corrected chi connectivity index (χ3v) is 4.35. The fourth-order valence-electron chi connectivity index (χ4n) is 1.99. The first-order valence-electron chi connectivity index (χ1n) is 6.89. The zero-order valence-corrected chi connectivity index (χ0v) is 13.6. The topological polar surface area (TPSA) is 54.0 Å². The summed E-state index contributed by atoms with van der Waals surface area (Å²) in [4.78, 5) is 17.7. The minimum Gasteiger partial charge on any atom is -0.370 e. The maximum Gasteiger partial charge on any atom is 0.253 e. The number of carbonyl (C=O) groups excluding carboxylic acids is 1. The molecule has 0 saturated heterocycles. The van der Waals surface area contributed by atoms with E-state index in [1.165, 1.54) is 6.20 Å². The molecule has 0 aliphatic heterocycles. The van der Waals surface area contributed by atoms with Crippen LogP contribution in [-0.2, 0) is 0 Å². The number of nitrogens with one attached hydrogen (secondary N) is 2. The summed E-state index contributed by atoms with van der Waals surface area (Å²) in [5.41, 5.74) is 0.442. The van der Waals surface area contributed by atoms with Crippen molar-refractivity contribution >= 4 is 34.7 Å². The molecule has 2 aromatic rings. The molecular formula is C15H18ClN3OS. The van der Waals surface area contributed by atoms with Crippen LogP contribution in [0.5, 0.6) is 0 Å². The van der Waals surface area contributed by atoms with E-state index in [-0.39, 0.29) is 11.9 Å². The van der Waals surface area contributed by atoms with Gasteiger partial charge in [0, 0.05) is 17.6 Å². The Morgan fingerprint density at radius 1 is 1.48 bits per heavy atom. The van der Waals surface area contributed by atoms with E-state index in [1.807, 2.05) is 31.4 Å². The zero-order chi connectivity index (χ0) is 15.2. The lowest BCUT2D eigenvalue weighted by Gasteiger charge is -2.16. The number of nitrogens with zero attached hydrogens (tertiary/aromatic N) is 1. The second-order valence-corrected chi connectivity index (χ2v) is 5.92. The summed E-state index contributed by atoms with van der Waals surface area (Å²) in [5, 5.41) is 8.47. The predicted octanol–water partition coefficient (Wildman–Crippen LogP) is 4.11. The molecule has 0 spiro atoms. The third-order valence-electron chi connectivity index (χ3n) is 3.06. The minimum absolute atomic E-state index is 0.00400. The number of carbonyl (C=O) groups is 1. The number of pyridine rings is 1. The van der Waals surface area contributed by atoms with Crippen LogP contribution in [0, 0.1) is 0 Å². The average molecular weight is 324 g/mol. The molecule has 1 amide bonds. The molecule has 0 radical (unpaired) electrons. The van der Waals surface area contributed by atoms with Crippen LogP contribution in [0.4, 0.5) is 5.82 Å². The van der Waals surface area contributed by atoms with Crippen molar-refractivity contribution in [2.24, 2.45) is 0 Å². The summed E-state index contributed by atoms with van der Waals surface area (Å²) in [6.45, 7) is 4.76. The molecule has 0 fully saturated rings. The Kier molecular flexibility index (Phi) is 5.59. The SMILES string of the molecule is CCNc1cc(C(=O)NC(CC)c2cccs2)c(Cl)cn1. The second kappa shape index (κ2) is 7.43. The van der Waals surface area contributed by atoms with Crippen LogP contribution in [0.25, 0.3) is 0 Å². The Labute approximate surface area is 133 Å². The molecule has 2 heterocycles. The molecule has 0 aliphatic carbocycles. The molecule has 2 rings (SSSR count). The molecule has 1 unspecified atom stereocenters. The first-order valence-corrected chi connectivity index (χ1v) is 8.15. The van der Waals surface area contributed by atoms with E-state index in [1.54, 1.807) is 17.4 Å². The number of hydrogen-bond acceptors (Lipinski definition) is 4. The maximum absolute atomic E-state index is 12.4.